The Hall–Kier alpha value is -2.75. The molecule has 0 saturated carbocycles. The molecule has 2 aromatic rings. The zero-order valence-corrected chi connectivity index (χ0v) is 18.7. The Bertz CT molecular complexity index is 970. The van der Waals surface area contributed by atoms with E-state index in [0.29, 0.717) is 11.8 Å². The highest BCUT2D eigenvalue weighted by Crippen LogP contribution is 2.50. The molecule has 4 nitrogen and oxygen atoms in total. The first-order chi connectivity index (χ1) is 15.1. The molecule has 2 heterocycles. The number of anilines is 2. The second kappa shape index (κ2) is 8.41. The Morgan fingerprint density at radius 2 is 1.74 bits per heavy atom. The van der Waals surface area contributed by atoms with Crippen LogP contribution in [-0.2, 0) is 0 Å². The highest BCUT2D eigenvalue weighted by molar-refractivity contribution is 5.95. The van der Waals surface area contributed by atoms with Crippen molar-refractivity contribution < 1.29 is 4.79 Å². The molecule has 1 amide bonds. The van der Waals surface area contributed by atoms with E-state index in [-0.39, 0.29) is 11.9 Å². The van der Waals surface area contributed by atoms with Gasteiger partial charge in [-0.3, -0.25) is 4.79 Å². The van der Waals surface area contributed by atoms with Gasteiger partial charge < -0.3 is 15.1 Å². The number of hydrogen-bond donors (Lipinski definition) is 1. The quantitative estimate of drug-likeness (QED) is 0.663. The minimum Gasteiger partial charge on any atom is -0.378 e. The van der Waals surface area contributed by atoms with Gasteiger partial charge in [0.25, 0.3) is 5.91 Å². The number of carbonyl (C=O) groups excluding carboxylic acids is 1. The Kier molecular flexibility index (Phi) is 5.47. The lowest BCUT2D eigenvalue weighted by molar-refractivity contribution is 0.0761. The Labute approximate surface area is 185 Å². The van der Waals surface area contributed by atoms with Crippen LogP contribution in [0.4, 0.5) is 11.4 Å². The summed E-state index contributed by atoms with van der Waals surface area (Å²) in [5.41, 5.74) is 5.84. The summed E-state index contributed by atoms with van der Waals surface area (Å²) in [5, 5.41) is 3.81. The molecule has 2 aromatic carbocycles. The fraction of sp³-hybridized carbons (Fsp3) is 0.444. The summed E-state index contributed by atoms with van der Waals surface area (Å²) in [4.78, 5) is 17.4. The molecule has 1 fully saturated rings. The summed E-state index contributed by atoms with van der Waals surface area (Å²) in [6, 6.07) is 15.5. The summed E-state index contributed by atoms with van der Waals surface area (Å²) in [6.07, 6.45) is 10.5. The normalized spacial score (nSPS) is 24.7. The molecule has 4 heteroatoms. The van der Waals surface area contributed by atoms with E-state index in [1.165, 1.54) is 35.3 Å². The number of nitrogens with zero attached hydrogens (tertiary/aromatic N) is 2. The van der Waals surface area contributed by atoms with Crippen LogP contribution in [0.3, 0.4) is 0 Å². The zero-order chi connectivity index (χ0) is 21.4. The highest BCUT2D eigenvalue weighted by Gasteiger charge is 2.38. The van der Waals surface area contributed by atoms with Crippen LogP contribution in [0.15, 0.2) is 54.6 Å². The van der Waals surface area contributed by atoms with Crippen LogP contribution in [0.5, 0.6) is 0 Å². The predicted molar refractivity (Wildman–Crippen MR) is 128 cm³/mol. The number of allylic oxidation sites excluding steroid dienone is 2. The molecular formula is C27H33N3O. The molecular weight excluding hydrogens is 382 g/mol. The highest BCUT2D eigenvalue weighted by atomic mass is 16.2. The van der Waals surface area contributed by atoms with Crippen molar-refractivity contribution >= 4 is 17.3 Å². The van der Waals surface area contributed by atoms with Crippen LogP contribution in [0.1, 0.15) is 65.5 Å². The lowest BCUT2D eigenvalue weighted by Crippen LogP contribution is -2.33. The average Bonchev–Trinajstić information content (AvgIpc) is 3.13. The van der Waals surface area contributed by atoms with E-state index in [4.69, 9.17) is 0 Å². The number of hydrogen-bond acceptors (Lipinski definition) is 3. The second-order valence-corrected chi connectivity index (χ2v) is 9.47. The number of carbonyl (C=O) groups is 1. The Morgan fingerprint density at radius 1 is 1.00 bits per heavy atom. The van der Waals surface area contributed by atoms with Crippen molar-refractivity contribution in [1.82, 2.24) is 4.90 Å². The van der Waals surface area contributed by atoms with E-state index >= 15 is 0 Å². The standard InChI is InChI=1S/C27H33N3O/c1-29(2)21-13-10-19(11-14-21)26-23-9-7-8-22(23)24-18-20(12-15-25(24)28-26)27(31)30-16-5-3-4-6-17-30/h7-8,10-15,18,22-23,26,28H,3-6,9,16-17H2,1-2H3. The monoisotopic (exact) mass is 415 g/mol. The van der Waals surface area contributed by atoms with Crippen LogP contribution < -0.4 is 10.2 Å². The summed E-state index contributed by atoms with van der Waals surface area (Å²) in [6.45, 7) is 1.79. The van der Waals surface area contributed by atoms with E-state index in [9.17, 15) is 4.79 Å². The maximum Gasteiger partial charge on any atom is 0.253 e. The van der Waals surface area contributed by atoms with E-state index in [1.807, 2.05) is 6.07 Å². The van der Waals surface area contributed by atoms with Gasteiger partial charge in [0.15, 0.2) is 0 Å². The van der Waals surface area contributed by atoms with E-state index in [0.717, 1.165) is 37.9 Å². The van der Waals surface area contributed by atoms with Gasteiger partial charge in [0, 0.05) is 50.0 Å². The van der Waals surface area contributed by atoms with E-state index in [2.05, 4.69) is 77.8 Å². The molecule has 0 bridgehead atoms. The number of likely N-dealkylation sites (tertiary alicyclic amines) is 1. The van der Waals surface area contributed by atoms with Gasteiger partial charge in [-0.25, -0.2) is 0 Å². The molecule has 31 heavy (non-hydrogen) atoms. The minimum atomic E-state index is 0.199. The molecule has 0 radical (unpaired) electrons. The average molecular weight is 416 g/mol. The lowest BCUT2D eigenvalue weighted by atomic mass is 9.76. The molecule has 2 aliphatic heterocycles. The molecule has 1 N–H and O–H groups in total. The molecule has 0 spiro atoms. The van der Waals surface area contributed by atoms with Gasteiger partial charge in [-0.15, -0.1) is 0 Å². The summed E-state index contributed by atoms with van der Waals surface area (Å²) >= 11 is 0. The summed E-state index contributed by atoms with van der Waals surface area (Å²) in [7, 11) is 4.15. The van der Waals surface area contributed by atoms with Crippen LogP contribution in [0.25, 0.3) is 0 Å². The SMILES string of the molecule is CN(C)c1ccc(C2Nc3ccc(C(=O)N4CCCCCC4)cc3C3C=CCC32)cc1. The van der Waals surface area contributed by atoms with Gasteiger partial charge in [-0.1, -0.05) is 37.1 Å². The van der Waals surface area contributed by atoms with Gasteiger partial charge in [-0.05, 0) is 66.6 Å². The first kappa shape index (κ1) is 20.2. The molecule has 162 valence electrons. The third-order valence-corrected chi connectivity index (χ3v) is 7.27. The van der Waals surface area contributed by atoms with Gasteiger partial charge in [0.05, 0.1) is 6.04 Å². The second-order valence-electron chi connectivity index (χ2n) is 9.47. The summed E-state index contributed by atoms with van der Waals surface area (Å²) < 4.78 is 0. The molecule has 3 unspecified atom stereocenters. The molecule has 1 aliphatic carbocycles. The van der Waals surface area contributed by atoms with Crippen LogP contribution in [0, 0.1) is 5.92 Å². The van der Waals surface area contributed by atoms with Crippen molar-refractivity contribution in [2.24, 2.45) is 5.92 Å². The van der Waals surface area contributed by atoms with E-state index in [1.54, 1.807) is 0 Å². The Balaban J connectivity index is 1.43. The first-order valence-corrected chi connectivity index (χ1v) is 11.8. The van der Waals surface area contributed by atoms with Crippen LogP contribution in [-0.4, -0.2) is 38.0 Å². The van der Waals surface area contributed by atoms with Crippen LogP contribution >= 0.6 is 0 Å². The van der Waals surface area contributed by atoms with Gasteiger partial charge in [-0.2, -0.15) is 0 Å². The van der Waals surface area contributed by atoms with E-state index < -0.39 is 0 Å². The topological polar surface area (TPSA) is 35.6 Å². The smallest absolute Gasteiger partial charge is 0.253 e. The van der Waals surface area contributed by atoms with Crippen molar-refractivity contribution in [3.63, 3.8) is 0 Å². The lowest BCUT2D eigenvalue weighted by Gasteiger charge is -2.38. The summed E-state index contributed by atoms with van der Waals surface area (Å²) in [5.74, 6) is 1.05. The number of fused-ring (bicyclic) bond motifs is 3. The molecule has 1 saturated heterocycles. The van der Waals surface area contributed by atoms with Crippen LogP contribution in [0.2, 0.25) is 0 Å². The van der Waals surface area contributed by atoms with Gasteiger partial charge in [0.2, 0.25) is 0 Å². The maximum atomic E-state index is 13.2. The zero-order valence-electron chi connectivity index (χ0n) is 18.7. The number of amides is 1. The van der Waals surface area contributed by atoms with Gasteiger partial charge in [0.1, 0.15) is 0 Å². The van der Waals surface area contributed by atoms with Crippen molar-refractivity contribution in [2.45, 2.75) is 44.1 Å². The van der Waals surface area contributed by atoms with Crippen molar-refractivity contribution in [2.75, 3.05) is 37.4 Å². The molecule has 3 atom stereocenters. The van der Waals surface area contributed by atoms with Crippen molar-refractivity contribution in [3.8, 4) is 0 Å². The maximum absolute atomic E-state index is 13.2. The number of rotatable bonds is 3. The third-order valence-electron chi connectivity index (χ3n) is 7.27. The molecule has 3 aliphatic rings. The fourth-order valence-corrected chi connectivity index (χ4v) is 5.49. The third kappa shape index (κ3) is 3.84. The Morgan fingerprint density at radius 3 is 2.45 bits per heavy atom. The van der Waals surface area contributed by atoms with Crippen molar-refractivity contribution in [3.05, 3.63) is 71.3 Å². The predicted octanol–water partition coefficient (Wildman–Crippen LogP) is 5.60. The fourth-order valence-electron chi connectivity index (χ4n) is 5.49. The van der Waals surface area contributed by atoms with Gasteiger partial charge >= 0.3 is 0 Å². The molecule has 5 rings (SSSR count). The number of nitrogens with one attached hydrogen (secondary N) is 1. The minimum absolute atomic E-state index is 0.199. The first-order valence-electron chi connectivity index (χ1n) is 11.8. The van der Waals surface area contributed by atoms with Crippen molar-refractivity contribution in [1.29, 1.82) is 0 Å². The largest absolute Gasteiger partial charge is 0.378 e. The molecule has 0 aromatic heterocycles. The number of benzene rings is 2.